The molecule has 25 heavy (non-hydrogen) atoms. The molecule has 2 fully saturated rings. The number of hydrogen-bond acceptors (Lipinski definition) is 3. The summed E-state index contributed by atoms with van der Waals surface area (Å²) in [4.78, 5) is 7.54. The van der Waals surface area contributed by atoms with Gasteiger partial charge in [-0.2, -0.15) is 0 Å². The van der Waals surface area contributed by atoms with Gasteiger partial charge in [-0.3, -0.25) is 4.99 Å². The van der Waals surface area contributed by atoms with Gasteiger partial charge in [-0.15, -0.1) is 0 Å². The van der Waals surface area contributed by atoms with Gasteiger partial charge in [0.25, 0.3) is 0 Å². The third kappa shape index (κ3) is 7.14. The second kappa shape index (κ2) is 11.0. The van der Waals surface area contributed by atoms with Crippen LogP contribution in [0.5, 0.6) is 0 Å². The molecule has 1 aliphatic carbocycles. The van der Waals surface area contributed by atoms with Gasteiger partial charge in [0.2, 0.25) is 0 Å². The van der Waals surface area contributed by atoms with Crippen molar-refractivity contribution < 1.29 is 4.74 Å². The quantitative estimate of drug-likeness (QED) is 0.469. The van der Waals surface area contributed by atoms with Crippen molar-refractivity contribution in [3.05, 3.63) is 0 Å². The Balaban J connectivity index is 1.81. The van der Waals surface area contributed by atoms with E-state index in [1.165, 1.54) is 58.2 Å². The van der Waals surface area contributed by atoms with Crippen molar-refractivity contribution >= 4 is 5.96 Å². The van der Waals surface area contributed by atoms with E-state index in [1.807, 2.05) is 0 Å². The molecular formula is C20H40N4O. The predicted octanol–water partition coefficient (Wildman–Crippen LogP) is 2.87. The summed E-state index contributed by atoms with van der Waals surface area (Å²) in [7, 11) is 1.80. The molecule has 1 saturated carbocycles. The molecule has 1 aliphatic heterocycles. The Morgan fingerprint density at radius 2 is 1.88 bits per heavy atom. The summed E-state index contributed by atoms with van der Waals surface area (Å²) < 4.78 is 5.34. The number of guanidine groups is 1. The summed E-state index contributed by atoms with van der Waals surface area (Å²) in [6, 6.07) is 0. The smallest absolute Gasteiger partial charge is 0.191 e. The third-order valence-corrected chi connectivity index (χ3v) is 5.80. The van der Waals surface area contributed by atoms with E-state index < -0.39 is 0 Å². The third-order valence-electron chi connectivity index (χ3n) is 5.80. The molecule has 0 radical (unpaired) electrons. The molecule has 2 rings (SSSR count). The van der Waals surface area contributed by atoms with E-state index in [9.17, 15) is 0 Å². The molecule has 0 aromatic rings. The first-order chi connectivity index (χ1) is 12.2. The molecular weight excluding hydrogens is 312 g/mol. The van der Waals surface area contributed by atoms with Gasteiger partial charge < -0.3 is 20.3 Å². The van der Waals surface area contributed by atoms with Gasteiger partial charge in [-0.05, 0) is 63.5 Å². The second-order valence-corrected chi connectivity index (χ2v) is 8.14. The highest BCUT2D eigenvalue weighted by Crippen LogP contribution is 2.41. The van der Waals surface area contributed by atoms with E-state index in [1.54, 1.807) is 7.11 Å². The first kappa shape index (κ1) is 20.5. The molecule has 5 nitrogen and oxygen atoms in total. The first-order valence-corrected chi connectivity index (χ1v) is 10.4. The van der Waals surface area contributed by atoms with Crippen LogP contribution in [0.3, 0.4) is 0 Å². The molecule has 1 unspecified atom stereocenters. The van der Waals surface area contributed by atoms with E-state index in [-0.39, 0.29) is 0 Å². The van der Waals surface area contributed by atoms with Crippen molar-refractivity contribution in [2.75, 3.05) is 53.0 Å². The minimum atomic E-state index is 0.361. The van der Waals surface area contributed by atoms with Crippen LogP contribution in [0.2, 0.25) is 0 Å². The summed E-state index contributed by atoms with van der Waals surface area (Å²) in [5, 5.41) is 7.00. The van der Waals surface area contributed by atoms with Crippen LogP contribution < -0.4 is 10.6 Å². The van der Waals surface area contributed by atoms with Crippen LogP contribution >= 0.6 is 0 Å². The van der Waals surface area contributed by atoms with Crippen molar-refractivity contribution in [1.82, 2.24) is 15.5 Å². The molecule has 146 valence electrons. The fraction of sp³-hybridized carbons (Fsp3) is 0.950. The Bertz CT molecular complexity index is 387. The van der Waals surface area contributed by atoms with Crippen LogP contribution in [0.15, 0.2) is 4.99 Å². The lowest BCUT2D eigenvalue weighted by Crippen LogP contribution is -2.42. The van der Waals surface area contributed by atoms with E-state index in [4.69, 9.17) is 9.73 Å². The van der Waals surface area contributed by atoms with Crippen molar-refractivity contribution in [2.45, 2.75) is 58.8 Å². The van der Waals surface area contributed by atoms with E-state index >= 15 is 0 Å². The zero-order valence-electron chi connectivity index (χ0n) is 16.8. The molecule has 0 bridgehead atoms. The molecule has 0 amide bonds. The van der Waals surface area contributed by atoms with Gasteiger partial charge in [0, 0.05) is 39.9 Å². The highest BCUT2D eigenvalue weighted by molar-refractivity contribution is 5.79. The highest BCUT2D eigenvalue weighted by Gasteiger charge is 2.33. The van der Waals surface area contributed by atoms with Gasteiger partial charge >= 0.3 is 0 Å². The number of rotatable bonds is 10. The molecule has 1 atom stereocenters. The average Bonchev–Trinajstić information content (AvgIpc) is 3.28. The minimum Gasteiger partial charge on any atom is -0.385 e. The van der Waals surface area contributed by atoms with Crippen LogP contribution in [-0.4, -0.2) is 63.8 Å². The average molecular weight is 353 g/mol. The fourth-order valence-corrected chi connectivity index (χ4v) is 4.26. The topological polar surface area (TPSA) is 48.9 Å². The summed E-state index contributed by atoms with van der Waals surface area (Å²) in [5.41, 5.74) is 0.361. The first-order valence-electron chi connectivity index (χ1n) is 10.4. The van der Waals surface area contributed by atoms with Crippen molar-refractivity contribution in [2.24, 2.45) is 16.3 Å². The number of aliphatic imine (C=N–C) groups is 1. The van der Waals surface area contributed by atoms with E-state index in [2.05, 4.69) is 29.4 Å². The number of hydrogen-bond donors (Lipinski definition) is 2. The lowest BCUT2D eigenvalue weighted by Gasteiger charge is -2.27. The SMILES string of the molecule is CCNC(=NCC1(CCOC)CCCC1)NCC(C)CN1CCCC1. The normalized spacial score (nSPS) is 22.3. The minimum absolute atomic E-state index is 0.361. The van der Waals surface area contributed by atoms with Gasteiger partial charge in [0.15, 0.2) is 5.96 Å². The Kier molecular flexibility index (Phi) is 9.04. The largest absolute Gasteiger partial charge is 0.385 e. The second-order valence-electron chi connectivity index (χ2n) is 8.14. The fourth-order valence-electron chi connectivity index (χ4n) is 4.26. The maximum atomic E-state index is 5.34. The van der Waals surface area contributed by atoms with Crippen LogP contribution in [0.25, 0.3) is 0 Å². The summed E-state index contributed by atoms with van der Waals surface area (Å²) in [6.07, 6.45) is 9.15. The highest BCUT2D eigenvalue weighted by atomic mass is 16.5. The molecule has 0 spiro atoms. The van der Waals surface area contributed by atoms with Gasteiger partial charge in [0.05, 0.1) is 0 Å². The molecule has 2 aliphatic rings. The van der Waals surface area contributed by atoms with Crippen molar-refractivity contribution in [3.63, 3.8) is 0 Å². The summed E-state index contributed by atoms with van der Waals surface area (Å²) >= 11 is 0. The van der Waals surface area contributed by atoms with Gasteiger partial charge in [-0.25, -0.2) is 0 Å². The maximum absolute atomic E-state index is 5.34. The van der Waals surface area contributed by atoms with Crippen LogP contribution in [-0.2, 0) is 4.74 Å². The van der Waals surface area contributed by atoms with Crippen molar-refractivity contribution in [1.29, 1.82) is 0 Å². The van der Waals surface area contributed by atoms with E-state index in [0.29, 0.717) is 11.3 Å². The number of nitrogens with zero attached hydrogens (tertiary/aromatic N) is 2. The van der Waals surface area contributed by atoms with Crippen LogP contribution in [0, 0.1) is 11.3 Å². The maximum Gasteiger partial charge on any atom is 0.191 e. The number of ether oxygens (including phenoxy) is 1. The standard InChI is InChI=1S/C20H40N4O/c1-4-21-19(22-15-18(2)16-24-12-7-8-13-24)23-17-20(11-14-25-3)9-5-6-10-20/h18H,4-17H2,1-3H3,(H2,21,22,23). The zero-order valence-corrected chi connectivity index (χ0v) is 16.8. The molecule has 0 aromatic heterocycles. The molecule has 5 heteroatoms. The van der Waals surface area contributed by atoms with Gasteiger partial charge in [-0.1, -0.05) is 19.8 Å². The Hall–Kier alpha value is -0.810. The Morgan fingerprint density at radius 1 is 1.16 bits per heavy atom. The number of nitrogens with one attached hydrogen (secondary N) is 2. The molecule has 1 saturated heterocycles. The Labute approximate surface area is 155 Å². The van der Waals surface area contributed by atoms with E-state index in [0.717, 1.165) is 38.6 Å². The Morgan fingerprint density at radius 3 is 2.52 bits per heavy atom. The van der Waals surface area contributed by atoms with Crippen LogP contribution in [0.4, 0.5) is 0 Å². The predicted molar refractivity (Wildman–Crippen MR) is 106 cm³/mol. The summed E-state index contributed by atoms with van der Waals surface area (Å²) in [5.74, 6) is 1.63. The lowest BCUT2D eigenvalue weighted by molar-refractivity contribution is 0.141. The molecule has 2 N–H and O–H groups in total. The molecule has 1 heterocycles. The monoisotopic (exact) mass is 352 g/mol. The lowest BCUT2D eigenvalue weighted by atomic mass is 9.83. The zero-order chi connectivity index (χ0) is 18.0. The van der Waals surface area contributed by atoms with Crippen molar-refractivity contribution in [3.8, 4) is 0 Å². The molecule has 0 aromatic carbocycles. The number of methoxy groups -OCH3 is 1. The van der Waals surface area contributed by atoms with Crippen LogP contribution in [0.1, 0.15) is 58.8 Å². The van der Waals surface area contributed by atoms with Gasteiger partial charge in [0.1, 0.15) is 0 Å². The summed E-state index contributed by atoms with van der Waals surface area (Å²) in [6.45, 7) is 11.9. The number of likely N-dealkylation sites (tertiary alicyclic amines) is 1.